The number of piperazine rings is 1. The number of rotatable bonds is 3. The lowest BCUT2D eigenvalue weighted by Crippen LogP contribution is -2.52. The Kier molecular flexibility index (Phi) is 5.71. The number of hydrogen-bond acceptors (Lipinski definition) is 4. The number of nitrogens with one attached hydrogen (secondary N) is 1. The fraction of sp³-hybridized carbons (Fsp3) is 0.500. The van der Waals surface area contributed by atoms with E-state index in [4.69, 9.17) is 0 Å². The number of piperidine rings is 1. The average Bonchev–Trinajstić information content (AvgIpc) is 2.64. The fourth-order valence-electron chi connectivity index (χ4n) is 3.47. The number of carbonyl (C=O) groups excluding carboxylic acids is 2. The highest BCUT2D eigenvalue weighted by Crippen LogP contribution is 2.24. The first-order valence-corrected chi connectivity index (χ1v) is 9.32. The molecule has 2 amide bonds. The molecule has 2 aliphatic heterocycles. The summed E-state index contributed by atoms with van der Waals surface area (Å²) in [4.78, 5) is 28.1. The first-order valence-electron chi connectivity index (χ1n) is 8.53. The highest BCUT2D eigenvalue weighted by Gasteiger charge is 2.32. The van der Waals surface area contributed by atoms with Gasteiger partial charge in [0.15, 0.2) is 0 Å². The first kappa shape index (κ1) is 17.9. The summed E-state index contributed by atoms with van der Waals surface area (Å²) in [6, 6.07) is 9.86. The van der Waals surface area contributed by atoms with Gasteiger partial charge in [0.05, 0.1) is 6.07 Å². The van der Waals surface area contributed by atoms with Crippen molar-refractivity contribution in [2.45, 2.75) is 18.9 Å². The smallest absolute Gasteiger partial charge is 0.226 e. The van der Waals surface area contributed by atoms with Crippen LogP contribution in [0, 0.1) is 17.2 Å². The van der Waals surface area contributed by atoms with Crippen LogP contribution in [0.25, 0.3) is 0 Å². The van der Waals surface area contributed by atoms with Crippen LogP contribution in [0.4, 0.5) is 0 Å². The van der Waals surface area contributed by atoms with Gasteiger partial charge in [0.25, 0.3) is 0 Å². The van der Waals surface area contributed by atoms with Gasteiger partial charge in [-0.15, -0.1) is 0 Å². The summed E-state index contributed by atoms with van der Waals surface area (Å²) in [6.45, 7) is 3.12. The van der Waals surface area contributed by atoms with E-state index in [-0.39, 0.29) is 23.8 Å². The molecule has 0 radical (unpaired) electrons. The van der Waals surface area contributed by atoms with Crippen molar-refractivity contribution in [3.63, 3.8) is 0 Å². The molecule has 7 heteroatoms. The Balaban J connectivity index is 1.59. The average molecular weight is 405 g/mol. The highest BCUT2D eigenvalue weighted by molar-refractivity contribution is 9.10. The van der Waals surface area contributed by atoms with Crippen molar-refractivity contribution in [3.8, 4) is 6.07 Å². The molecule has 132 valence electrons. The molecule has 0 bridgehead atoms. The maximum absolute atomic E-state index is 12.6. The molecule has 25 heavy (non-hydrogen) atoms. The van der Waals surface area contributed by atoms with Gasteiger partial charge in [0, 0.05) is 49.5 Å². The van der Waals surface area contributed by atoms with Crippen molar-refractivity contribution in [1.82, 2.24) is 15.1 Å². The van der Waals surface area contributed by atoms with Crippen molar-refractivity contribution >= 4 is 27.7 Å². The van der Waals surface area contributed by atoms with E-state index in [1.54, 1.807) is 0 Å². The molecule has 1 aromatic carbocycles. The summed E-state index contributed by atoms with van der Waals surface area (Å²) in [5.41, 5.74) is 0.967. The molecule has 2 fully saturated rings. The fourth-order valence-corrected chi connectivity index (χ4v) is 3.73. The molecule has 6 nitrogen and oxygen atoms in total. The molecule has 0 saturated carbocycles. The Morgan fingerprint density at radius 2 is 1.92 bits per heavy atom. The summed E-state index contributed by atoms with van der Waals surface area (Å²) in [7, 11) is 0. The number of nitriles is 1. The number of amides is 2. The Bertz CT molecular complexity index is 677. The van der Waals surface area contributed by atoms with Gasteiger partial charge in [-0.25, -0.2) is 0 Å². The van der Waals surface area contributed by atoms with Crippen molar-refractivity contribution in [2.75, 3.05) is 32.7 Å². The molecule has 0 aromatic heterocycles. The maximum atomic E-state index is 12.6. The molecule has 2 heterocycles. The Morgan fingerprint density at radius 3 is 2.52 bits per heavy atom. The topological polar surface area (TPSA) is 76.4 Å². The van der Waals surface area contributed by atoms with Crippen LogP contribution < -0.4 is 5.32 Å². The van der Waals surface area contributed by atoms with Gasteiger partial charge in [-0.05, 0) is 24.1 Å². The van der Waals surface area contributed by atoms with E-state index in [2.05, 4.69) is 32.2 Å². The monoisotopic (exact) mass is 404 g/mol. The minimum Gasteiger partial charge on any atom is -0.356 e. The molecule has 2 saturated heterocycles. The molecule has 3 rings (SSSR count). The van der Waals surface area contributed by atoms with Crippen LogP contribution in [0.5, 0.6) is 0 Å². The lowest BCUT2D eigenvalue weighted by atomic mass is 9.95. The van der Waals surface area contributed by atoms with E-state index in [1.807, 2.05) is 29.2 Å². The normalized spacial score (nSPS) is 22.8. The summed E-state index contributed by atoms with van der Waals surface area (Å²) >= 11 is 3.41. The molecule has 0 spiro atoms. The molecule has 0 aliphatic carbocycles. The van der Waals surface area contributed by atoms with Gasteiger partial charge in [-0.2, -0.15) is 5.26 Å². The second kappa shape index (κ2) is 7.98. The van der Waals surface area contributed by atoms with Crippen molar-refractivity contribution in [2.24, 2.45) is 5.92 Å². The zero-order valence-corrected chi connectivity index (χ0v) is 15.5. The lowest BCUT2D eigenvalue weighted by molar-refractivity contribution is -0.141. The summed E-state index contributed by atoms with van der Waals surface area (Å²) < 4.78 is 0.986. The third-order valence-electron chi connectivity index (χ3n) is 4.90. The number of nitrogens with zero attached hydrogens (tertiary/aromatic N) is 3. The third kappa shape index (κ3) is 4.20. The van der Waals surface area contributed by atoms with Crippen molar-refractivity contribution in [3.05, 3.63) is 34.3 Å². The molecule has 0 unspecified atom stereocenters. The maximum Gasteiger partial charge on any atom is 0.226 e. The molecular formula is C18H21BrN4O2. The van der Waals surface area contributed by atoms with E-state index in [1.165, 1.54) is 0 Å². The number of halogens is 1. The van der Waals surface area contributed by atoms with Crippen molar-refractivity contribution < 1.29 is 9.59 Å². The minimum absolute atomic E-state index is 0.0389. The zero-order chi connectivity index (χ0) is 17.8. The van der Waals surface area contributed by atoms with E-state index >= 15 is 0 Å². The Morgan fingerprint density at radius 1 is 1.24 bits per heavy atom. The molecule has 2 atom stereocenters. The third-order valence-corrected chi connectivity index (χ3v) is 5.42. The van der Waals surface area contributed by atoms with Crippen molar-refractivity contribution in [1.29, 1.82) is 5.26 Å². The second-order valence-corrected chi connectivity index (χ2v) is 7.40. The summed E-state index contributed by atoms with van der Waals surface area (Å²) in [6.07, 6.45) is 1.00. The zero-order valence-electron chi connectivity index (χ0n) is 13.9. The summed E-state index contributed by atoms with van der Waals surface area (Å²) in [5, 5.41) is 12.3. The van der Waals surface area contributed by atoms with Crippen LogP contribution >= 0.6 is 15.9 Å². The molecular weight excluding hydrogens is 384 g/mol. The van der Waals surface area contributed by atoms with Gasteiger partial charge in [-0.1, -0.05) is 28.1 Å². The van der Waals surface area contributed by atoms with E-state index in [9.17, 15) is 14.9 Å². The molecule has 1 N–H and O–H groups in total. The largest absolute Gasteiger partial charge is 0.356 e. The van der Waals surface area contributed by atoms with E-state index in [0.717, 1.165) is 10.0 Å². The van der Waals surface area contributed by atoms with Gasteiger partial charge >= 0.3 is 0 Å². The summed E-state index contributed by atoms with van der Waals surface area (Å²) in [5.74, 6) is -0.159. The lowest BCUT2D eigenvalue weighted by Gasteiger charge is -2.38. The van der Waals surface area contributed by atoms with Crippen LogP contribution in [0.3, 0.4) is 0 Å². The molecule has 2 aliphatic rings. The van der Waals surface area contributed by atoms with Gasteiger partial charge in [0.2, 0.25) is 11.8 Å². The number of benzene rings is 1. The number of hydrogen-bond donors (Lipinski definition) is 1. The van der Waals surface area contributed by atoms with Crippen LogP contribution in [0.15, 0.2) is 28.7 Å². The quantitative estimate of drug-likeness (QED) is 0.831. The predicted octanol–water partition coefficient (Wildman–Crippen LogP) is 1.68. The van der Waals surface area contributed by atoms with E-state index in [0.29, 0.717) is 45.6 Å². The highest BCUT2D eigenvalue weighted by atomic mass is 79.9. The van der Waals surface area contributed by atoms with Crippen LogP contribution in [-0.4, -0.2) is 54.3 Å². The number of carbonyl (C=O) groups is 2. The molecule has 1 aromatic rings. The van der Waals surface area contributed by atoms with Gasteiger partial charge < -0.3 is 10.2 Å². The minimum atomic E-state index is -0.300. The van der Waals surface area contributed by atoms with E-state index < -0.39 is 0 Å². The second-order valence-electron chi connectivity index (χ2n) is 6.48. The van der Waals surface area contributed by atoms with Crippen LogP contribution in [0.2, 0.25) is 0 Å². The Labute approximate surface area is 155 Å². The first-order chi connectivity index (χ1) is 12.1. The van der Waals surface area contributed by atoms with Gasteiger partial charge in [-0.3, -0.25) is 14.5 Å². The van der Waals surface area contributed by atoms with Crippen LogP contribution in [0.1, 0.15) is 24.4 Å². The standard InChI is InChI=1S/C18H21BrN4O2/c19-15-3-1-13(2-4-15)16(12-20)22-7-9-23(10-8-22)18(25)14-5-6-21-17(24)11-14/h1-4,14,16H,5-11H2,(H,21,24)/t14-,16-/m0/s1. The SMILES string of the molecule is N#C[C@@H](c1ccc(Br)cc1)N1CCN(C(=O)[C@H]2CCNC(=O)C2)CC1. The Hall–Kier alpha value is -1.91. The van der Waals surface area contributed by atoms with Gasteiger partial charge in [0.1, 0.15) is 6.04 Å². The predicted molar refractivity (Wildman–Crippen MR) is 96.4 cm³/mol. The van der Waals surface area contributed by atoms with Crippen LogP contribution in [-0.2, 0) is 9.59 Å².